The summed E-state index contributed by atoms with van der Waals surface area (Å²) in [6.07, 6.45) is 1.71. The fourth-order valence-corrected chi connectivity index (χ4v) is 2.50. The van der Waals surface area contributed by atoms with Gasteiger partial charge in [0, 0.05) is 29.6 Å². The number of hydrogen-bond acceptors (Lipinski definition) is 2. The molecule has 1 heterocycles. The highest BCUT2D eigenvalue weighted by Gasteiger charge is 2.24. The molecule has 0 aliphatic carbocycles. The number of thiocarbonyl (C=S) groups is 1. The van der Waals surface area contributed by atoms with E-state index in [4.69, 9.17) is 29.6 Å². The standard InChI is InChI=1S/C13H15ClN2OS/c14-11-3-1-10(2-4-11)13(17)16-7-5-9(6-8-16)12(15)18/h1-4,9H,5-8H2,(H2,15,18). The second-order valence-corrected chi connectivity index (χ2v) is 5.38. The second-order valence-electron chi connectivity index (χ2n) is 4.48. The van der Waals surface area contributed by atoms with E-state index in [0.29, 0.717) is 28.7 Å². The summed E-state index contributed by atoms with van der Waals surface area (Å²) in [7, 11) is 0. The Morgan fingerprint density at radius 3 is 2.33 bits per heavy atom. The van der Waals surface area contributed by atoms with E-state index >= 15 is 0 Å². The van der Waals surface area contributed by atoms with Crippen LogP contribution in [0.5, 0.6) is 0 Å². The van der Waals surface area contributed by atoms with Crippen LogP contribution >= 0.6 is 23.8 Å². The third-order valence-corrected chi connectivity index (χ3v) is 3.86. The number of hydrogen-bond donors (Lipinski definition) is 1. The lowest BCUT2D eigenvalue weighted by Crippen LogP contribution is -2.41. The van der Waals surface area contributed by atoms with Gasteiger partial charge in [0.05, 0.1) is 4.99 Å². The third kappa shape index (κ3) is 3.00. The summed E-state index contributed by atoms with van der Waals surface area (Å²) in [4.78, 5) is 14.6. The summed E-state index contributed by atoms with van der Waals surface area (Å²) < 4.78 is 0. The minimum absolute atomic E-state index is 0.0491. The zero-order chi connectivity index (χ0) is 13.1. The molecule has 1 aromatic rings. The van der Waals surface area contributed by atoms with Gasteiger partial charge in [-0.1, -0.05) is 23.8 Å². The molecule has 0 unspecified atom stereocenters. The van der Waals surface area contributed by atoms with Crippen molar-refractivity contribution in [2.45, 2.75) is 12.8 Å². The van der Waals surface area contributed by atoms with Gasteiger partial charge in [-0.05, 0) is 37.1 Å². The van der Waals surface area contributed by atoms with E-state index in [2.05, 4.69) is 0 Å². The molecule has 0 atom stereocenters. The van der Waals surface area contributed by atoms with Gasteiger partial charge in [-0.3, -0.25) is 4.79 Å². The first-order valence-corrected chi connectivity index (χ1v) is 6.70. The Morgan fingerprint density at radius 2 is 1.83 bits per heavy atom. The number of likely N-dealkylation sites (tertiary alicyclic amines) is 1. The first-order valence-electron chi connectivity index (χ1n) is 5.92. The van der Waals surface area contributed by atoms with Gasteiger partial charge in [-0.15, -0.1) is 0 Å². The molecular formula is C13H15ClN2OS. The Kier molecular flexibility index (Phi) is 4.19. The Hall–Kier alpha value is -1.13. The van der Waals surface area contributed by atoms with Crippen molar-refractivity contribution in [3.8, 4) is 0 Å². The van der Waals surface area contributed by atoms with Crippen molar-refractivity contribution >= 4 is 34.7 Å². The number of amides is 1. The van der Waals surface area contributed by atoms with Gasteiger partial charge in [0.25, 0.3) is 5.91 Å². The van der Waals surface area contributed by atoms with Crippen molar-refractivity contribution < 1.29 is 4.79 Å². The van der Waals surface area contributed by atoms with Crippen LogP contribution < -0.4 is 5.73 Å². The van der Waals surface area contributed by atoms with E-state index in [-0.39, 0.29) is 11.8 Å². The maximum absolute atomic E-state index is 12.2. The molecule has 1 aliphatic heterocycles. The lowest BCUT2D eigenvalue weighted by atomic mass is 9.96. The monoisotopic (exact) mass is 282 g/mol. The van der Waals surface area contributed by atoms with Gasteiger partial charge >= 0.3 is 0 Å². The van der Waals surface area contributed by atoms with E-state index in [1.165, 1.54) is 0 Å². The molecule has 0 spiro atoms. The number of carbonyl (C=O) groups excluding carboxylic acids is 1. The number of halogens is 1. The SMILES string of the molecule is NC(=S)C1CCN(C(=O)c2ccc(Cl)cc2)CC1. The van der Waals surface area contributed by atoms with Crippen LogP contribution in [0.2, 0.25) is 5.02 Å². The normalized spacial score (nSPS) is 16.6. The van der Waals surface area contributed by atoms with Crippen molar-refractivity contribution in [3.05, 3.63) is 34.9 Å². The van der Waals surface area contributed by atoms with Gasteiger partial charge in [-0.2, -0.15) is 0 Å². The summed E-state index contributed by atoms with van der Waals surface area (Å²) in [6.45, 7) is 1.42. The highest BCUT2D eigenvalue weighted by molar-refractivity contribution is 7.80. The molecule has 0 bridgehead atoms. The topological polar surface area (TPSA) is 46.3 Å². The van der Waals surface area contributed by atoms with Gasteiger partial charge in [0.1, 0.15) is 0 Å². The van der Waals surface area contributed by atoms with Gasteiger partial charge in [0.15, 0.2) is 0 Å². The van der Waals surface area contributed by atoms with Crippen LogP contribution in [0, 0.1) is 5.92 Å². The Bertz CT molecular complexity index is 453. The van der Waals surface area contributed by atoms with Crippen LogP contribution in [0.15, 0.2) is 24.3 Å². The smallest absolute Gasteiger partial charge is 0.253 e. The molecule has 0 aromatic heterocycles. The Balaban J connectivity index is 1.99. The number of nitrogens with zero attached hydrogens (tertiary/aromatic N) is 1. The number of benzene rings is 1. The molecule has 3 nitrogen and oxygen atoms in total. The fourth-order valence-electron chi connectivity index (χ4n) is 2.14. The van der Waals surface area contributed by atoms with Crippen LogP contribution in [-0.4, -0.2) is 28.9 Å². The van der Waals surface area contributed by atoms with Crippen molar-refractivity contribution in [3.63, 3.8) is 0 Å². The lowest BCUT2D eigenvalue weighted by molar-refractivity contribution is 0.0710. The summed E-state index contributed by atoms with van der Waals surface area (Å²) in [6, 6.07) is 6.97. The van der Waals surface area contributed by atoms with Crippen molar-refractivity contribution in [2.75, 3.05) is 13.1 Å². The molecule has 2 N–H and O–H groups in total. The Labute approximate surface area is 117 Å². The summed E-state index contributed by atoms with van der Waals surface area (Å²) in [5.41, 5.74) is 6.30. The average Bonchev–Trinajstić information content (AvgIpc) is 2.39. The van der Waals surface area contributed by atoms with Crippen LogP contribution in [0.3, 0.4) is 0 Å². The zero-order valence-electron chi connectivity index (χ0n) is 9.93. The van der Waals surface area contributed by atoms with Crippen LogP contribution in [0.4, 0.5) is 0 Å². The van der Waals surface area contributed by atoms with Crippen molar-refractivity contribution in [2.24, 2.45) is 11.7 Å². The highest BCUT2D eigenvalue weighted by atomic mass is 35.5. The molecule has 1 aliphatic rings. The average molecular weight is 283 g/mol. The molecule has 5 heteroatoms. The van der Waals surface area contributed by atoms with E-state index < -0.39 is 0 Å². The predicted molar refractivity (Wildman–Crippen MR) is 76.9 cm³/mol. The summed E-state index contributed by atoms with van der Waals surface area (Å²) in [5, 5.41) is 0.638. The maximum atomic E-state index is 12.2. The summed E-state index contributed by atoms with van der Waals surface area (Å²) in [5.74, 6) is 0.322. The van der Waals surface area contributed by atoms with Crippen LogP contribution in [0.1, 0.15) is 23.2 Å². The molecule has 1 saturated heterocycles. The number of piperidine rings is 1. The van der Waals surface area contributed by atoms with E-state index in [0.717, 1.165) is 12.8 Å². The first-order chi connectivity index (χ1) is 8.58. The molecule has 0 saturated carbocycles. The van der Waals surface area contributed by atoms with Gasteiger partial charge < -0.3 is 10.6 Å². The summed E-state index contributed by atoms with van der Waals surface area (Å²) >= 11 is 10.8. The maximum Gasteiger partial charge on any atom is 0.253 e. The molecule has 1 fully saturated rings. The highest BCUT2D eigenvalue weighted by Crippen LogP contribution is 2.20. The fraction of sp³-hybridized carbons (Fsp3) is 0.385. The van der Waals surface area contributed by atoms with E-state index in [1.54, 1.807) is 24.3 Å². The van der Waals surface area contributed by atoms with Crippen molar-refractivity contribution in [1.82, 2.24) is 4.90 Å². The molecule has 1 aromatic carbocycles. The quantitative estimate of drug-likeness (QED) is 0.848. The minimum Gasteiger partial charge on any atom is -0.393 e. The van der Waals surface area contributed by atoms with Crippen LogP contribution in [-0.2, 0) is 0 Å². The predicted octanol–water partition coefficient (Wildman–Crippen LogP) is 2.48. The molecule has 2 rings (SSSR count). The number of carbonyl (C=O) groups is 1. The number of rotatable bonds is 2. The molecule has 0 radical (unpaired) electrons. The third-order valence-electron chi connectivity index (χ3n) is 3.28. The lowest BCUT2D eigenvalue weighted by Gasteiger charge is -2.31. The first kappa shape index (κ1) is 13.3. The zero-order valence-corrected chi connectivity index (χ0v) is 11.5. The molecular weight excluding hydrogens is 268 g/mol. The van der Waals surface area contributed by atoms with Crippen LogP contribution in [0.25, 0.3) is 0 Å². The Morgan fingerprint density at radius 1 is 1.28 bits per heavy atom. The molecule has 18 heavy (non-hydrogen) atoms. The molecule has 96 valence electrons. The largest absolute Gasteiger partial charge is 0.393 e. The second kappa shape index (κ2) is 5.67. The molecule has 1 amide bonds. The van der Waals surface area contributed by atoms with Gasteiger partial charge in [-0.25, -0.2) is 0 Å². The van der Waals surface area contributed by atoms with E-state index in [9.17, 15) is 4.79 Å². The minimum atomic E-state index is 0.0491. The number of nitrogens with two attached hydrogens (primary N) is 1. The van der Waals surface area contributed by atoms with E-state index in [1.807, 2.05) is 4.90 Å². The van der Waals surface area contributed by atoms with Gasteiger partial charge in [0.2, 0.25) is 0 Å². The van der Waals surface area contributed by atoms with Crippen molar-refractivity contribution in [1.29, 1.82) is 0 Å².